The van der Waals surface area contributed by atoms with Crippen LogP contribution in [-0.4, -0.2) is 35.9 Å². The molecule has 2 aromatic rings. The van der Waals surface area contributed by atoms with Gasteiger partial charge in [-0.15, -0.1) is 12.4 Å². The van der Waals surface area contributed by atoms with Crippen LogP contribution >= 0.6 is 24.6 Å². The van der Waals surface area contributed by atoms with Gasteiger partial charge in [0.2, 0.25) is 0 Å². The number of imidazole rings is 1. The van der Waals surface area contributed by atoms with Crippen LogP contribution in [0.2, 0.25) is 0 Å². The number of halogens is 4. The maximum Gasteiger partial charge on any atom is 0.177 e. The third-order valence-electron chi connectivity index (χ3n) is 5.83. The molecule has 1 aromatic heterocycles. The Bertz CT molecular complexity index is 911. The van der Waals surface area contributed by atoms with Gasteiger partial charge >= 0.3 is 0 Å². The average molecular weight is 448 g/mol. The second kappa shape index (κ2) is 9.64. The van der Waals surface area contributed by atoms with E-state index in [1.807, 2.05) is 4.57 Å². The molecule has 0 saturated carbocycles. The molecule has 2 N–H and O–H groups in total. The topological polar surface area (TPSA) is 42.0 Å². The number of nitrogens with zero attached hydrogens (tertiary/aromatic N) is 1. The summed E-state index contributed by atoms with van der Waals surface area (Å²) in [5, 5.41) is 3.48. The van der Waals surface area contributed by atoms with Crippen molar-refractivity contribution in [3.05, 3.63) is 51.3 Å². The molecule has 3 heterocycles. The van der Waals surface area contributed by atoms with Crippen LogP contribution in [0.15, 0.2) is 12.1 Å². The fourth-order valence-electron chi connectivity index (χ4n) is 4.29. The van der Waals surface area contributed by atoms with Crippen LogP contribution in [0.25, 0.3) is 0 Å². The highest BCUT2D eigenvalue weighted by Crippen LogP contribution is 2.35. The van der Waals surface area contributed by atoms with Gasteiger partial charge in [0, 0.05) is 55.6 Å². The van der Waals surface area contributed by atoms with Crippen molar-refractivity contribution in [2.45, 2.75) is 38.1 Å². The van der Waals surface area contributed by atoms with Crippen LogP contribution in [-0.2, 0) is 24.1 Å². The molecule has 4 nitrogen and oxygen atoms in total. The van der Waals surface area contributed by atoms with Crippen molar-refractivity contribution in [3.8, 4) is 0 Å². The van der Waals surface area contributed by atoms with Crippen molar-refractivity contribution >= 4 is 24.6 Å². The van der Waals surface area contributed by atoms with E-state index in [1.54, 1.807) is 0 Å². The molecule has 0 spiro atoms. The maximum atomic E-state index is 14.2. The Labute approximate surface area is 179 Å². The number of rotatable bonds is 6. The first-order chi connectivity index (χ1) is 13.5. The molecular formula is C20H25ClF3N3OS. The molecule has 1 unspecified atom stereocenters. The van der Waals surface area contributed by atoms with Gasteiger partial charge in [0.15, 0.2) is 16.4 Å². The van der Waals surface area contributed by atoms with Crippen LogP contribution in [0.5, 0.6) is 0 Å². The van der Waals surface area contributed by atoms with Crippen molar-refractivity contribution in [1.82, 2.24) is 14.9 Å². The number of H-pyrrole nitrogens is 1. The average Bonchev–Trinajstić information content (AvgIpc) is 3.24. The van der Waals surface area contributed by atoms with Crippen LogP contribution < -0.4 is 5.32 Å². The molecular weight excluding hydrogens is 423 g/mol. The number of aromatic nitrogens is 2. The number of hydrogen-bond donors (Lipinski definition) is 2. The van der Waals surface area contributed by atoms with Crippen LogP contribution in [0.1, 0.15) is 35.7 Å². The minimum atomic E-state index is -1.09. The maximum absolute atomic E-state index is 14.2. The zero-order valence-corrected chi connectivity index (χ0v) is 17.6. The summed E-state index contributed by atoms with van der Waals surface area (Å²) < 4.78 is 49.8. The van der Waals surface area contributed by atoms with E-state index in [0.717, 1.165) is 69.1 Å². The summed E-state index contributed by atoms with van der Waals surface area (Å²) >= 11 is 5.39. The van der Waals surface area contributed by atoms with E-state index in [0.29, 0.717) is 23.7 Å². The fraction of sp³-hybridized carbons (Fsp3) is 0.550. The molecule has 1 aromatic carbocycles. The molecule has 0 amide bonds. The Kier molecular flexibility index (Phi) is 7.42. The van der Waals surface area contributed by atoms with Gasteiger partial charge in [-0.2, -0.15) is 0 Å². The predicted octanol–water partition coefficient (Wildman–Crippen LogP) is 4.28. The largest absolute Gasteiger partial charge is 0.381 e. The zero-order valence-electron chi connectivity index (χ0n) is 16.0. The van der Waals surface area contributed by atoms with E-state index in [-0.39, 0.29) is 18.0 Å². The lowest BCUT2D eigenvalue weighted by Gasteiger charge is -2.22. The van der Waals surface area contributed by atoms with E-state index in [4.69, 9.17) is 17.0 Å². The number of benzene rings is 1. The summed E-state index contributed by atoms with van der Waals surface area (Å²) in [5.41, 5.74) is 1.77. The molecule has 1 saturated heterocycles. The third kappa shape index (κ3) is 4.71. The molecule has 0 radical (unpaired) electrons. The number of fused-ring (bicyclic) bond motifs is 1. The van der Waals surface area contributed by atoms with Crippen molar-refractivity contribution in [2.75, 3.05) is 26.3 Å². The van der Waals surface area contributed by atoms with Crippen molar-refractivity contribution in [2.24, 2.45) is 5.92 Å². The number of hydrogen-bond acceptors (Lipinski definition) is 3. The second-order valence-corrected chi connectivity index (χ2v) is 8.02. The minimum absolute atomic E-state index is 0. The summed E-state index contributed by atoms with van der Waals surface area (Å²) in [6.07, 6.45) is 3.38. The van der Waals surface area contributed by atoms with E-state index >= 15 is 0 Å². The zero-order chi connectivity index (χ0) is 19.7. The molecule has 0 aliphatic carbocycles. The number of aromatic amines is 1. The predicted molar refractivity (Wildman–Crippen MR) is 110 cm³/mol. The van der Waals surface area contributed by atoms with Crippen molar-refractivity contribution < 1.29 is 17.9 Å². The normalized spacial score (nSPS) is 19.2. The quantitative estimate of drug-likeness (QED) is 0.394. The van der Waals surface area contributed by atoms with Crippen LogP contribution in [0.4, 0.5) is 13.2 Å². The first-order valence-corrected chi connectivity index (χ1v) is 10.2. The van der Waals surface area contributed by atoms with Gasteiger partial charge in [-0.1, -0.05) is 0 Å². The molecule has 1 fully saturated rings. The molecule has 4 rings (SSSR count). The highest BCUT2D eigenvalue weighted by molar-refractivity contribution is 7.71. The highest BCUT2D eigenvalue weighted by Gasteiger charge is 2.31. The third-order valence-corrected chi connectivity index (χ3v) is 6.16. The summed E-state index contributed by atoms with van der Waals surface area (Å²) in [4.78, 5) is 3.22. The fourth-order valence-corrected chi connectivity index (χ4v) is 4.59. The van der Waals surface area contributed by atoms with Gasteiger partial charge in [0.25, 0.3) is 0 Å². The van der Waals surface area contributed by atoms with Gasteiger partial charge in [0.05, 0.1) is 0 Å². The van der Waals surface area contributed by atoms with Crippen LogP contribution in [0.3, 0.4) is 0 Å². The molecule has 1 atom stereocenters. The smallest absolute Gasteiger partial charge is 0.177 e. The Balaban J connectivity index is 0.00000240. The summed E-state index contributed by atoms with van der Waals surface area (Å²) in [6.45, 7) is 3.79. The lowest BCUT2D eigenvalue weighted by molar-refractivity contribution is 0.0664. The van der Waals surface area contributed by atoms with Crippen molar-refractivity contribution in [1.29, 1.82) is 0 Å². The second-order valence-electron chi connectivity index (χ2n) is 7.63. The number of ether oxygens (including phenoxy) is 1. The van der Waals surface area contributed by atoms with E-state index in [1.165, 1.54) is 0 Å². The minimum Gasteiger partial charge on any atom is -0.381 e. The first-order valence-electron chi connectivity index (χ1n) is 9.77. The summed E-state index contributed by atoms with van der Waals surface area (Å²) in [6, 6.07) is 1.81. The van der Waals surface area contributed by atoms with Gasteiger partial charge in [-0.25, -0.2) is 13.2 Å². The lowest BCUT2D eigenvalue weighted by atomic mass is 9.95. The Morgan fingerprint density at radius 1 is 1.17 bits per heavy atom. The van der Waals surface area contributed by atoms with Crippen LogP contribution in [0, 0.1) is 28.1 Å². The Morgan fingerprint density at radius 3 is 2.66 bits per heavy atom. The summed E-state index contributed by atoms with van der Waals surface area (Å²) in [7, 11) is 0. The molecule has 2 aliphatic rings. The molecule has 2 aliphatic heterocycles. The van der Waals surface area contributed by atoms with Gasteiger partial charge in [-0.3, -0.25) is 0 Å². The Morgan fingerprint density at radius 2 is 1.90 bits per heavy atom. The molecule has 0 bridgehead atoms. The monoisotopic (exact) mass is 447 g/mol. The summed E-state index contributed by atoms with van der Waals surface area (Å²) in [5.74, 6) is -2.61. The Hall–Kier alpha value is -1.35. The standard InChI is InChI=1S/C20H24F3N3OS.ClH/c21-14-1-2-15(22)19(23)18(14)13-9-17-16(25-20(28)26(17)11-13)3-6-24-10-12-4-7-27-8-5-12;/h1-2,12-13,24H,3-11H2,(H,25,28);1H. The number of nitrogens with one attached hydrogen (secondary N) is 2. The van der Waals surface area contributed by atoms with E-state index in [9.17, 15) is 13.2 Å². The highest BCUT2D eigenvalue weighted by atomic mass is 35.5. The van der Waals surface area contributed by atoms with E-state index < -0.39 is 23.4 Å². The van der Waals surface area contributed by atoms with Gasteiger partial charge in [0.1, 0.15) is 5.82 Å². The molecule has 160 valence electrons. The molecule has 29 heavy (non-hydrogen) atoms. The SMILES string of the molecule is Cl.Fc1ccc(F)c(C2Cc3c(CCNCC4CCOCC4)[nH]c(=S)n3C2)c1F. The van der Waals surface area contributed by atoms with E-state index in [2.05, 4.69) is 10.3 Å². The van der Waals surface area contributed by atoms with Crippen molar-refractivity contribution in [3.63, 3.8) is 0 Å². The molecule has 9 heteroatoms. The lowest BCUT2D eigenvalue weighted by Crippen LogP contribution is -2.29. The first kappa shape index (κ1) is 22.3. The van der Waals surface area contributed by atoms with Gasteiger partial charge < -0.3 is 19.6 Å². The van der Waals surface area contributed by atoms with Gasteiger partial charge in [-0.05, 0) is 56.1 Å².